The molecule has 132 valence electrons. The fourth-order valence-corrected chi connectivity index (χ4v) is 4.41. The predicted molar refractivity (Wildman–Crippen MR) is 96.2 cm³/mol. The lowest BCUT2D eigenvalue weighted by Gasteiger charge is -2.31. The first kappa shape index (κ1) is 19.1. The van der Waals surface area contributed by atoms with Crippen LogP contribution in [0.4, 0.5) is 4.39 Å². The molecule has 0 radical (unpaired) electrons. The van der Waals surface area contributed by atoms with Crippen molar-refractivity contribution in [2.45, 2.75) is 38.0 Å². The summed E-state index contributed by atoms with van der Waals surface area (Å²) in [7, 11) is 2.18. The van der Waals surface area contributed by atoms with Crippen LogP contribution in [-0.2, 0) is 6.54 Å². The Morgan fingerprint density at radius 2 is 2.35 bits per heavy atom. The minimum absolute atomic E-state index is 0. The van der Waals surface area contributed by atoms with Gasteiger partial charge in [-0.3, -0.25) is 4.90 Å². The van der Waals surface area contributed by atoms with Crippen LogP contribution in [0.1, 0.15) is 24.3 Å². The summed E-state index contributed by atoms with van der Waals surface area (Å²) in [4.78, 5) is 9.02. The number of rotatable bonds is 6. The molecule has 1 N–H and O–H groups in total. The molecule has 0 spiro atoms. The van der Waals surface area contributed by atoms with Crippen molar-refractivity contribution in [2.24, 2.45) is 5.92 Å². The van der Waals surface area contributed by atoms with Crippen LogP contribution in [0.5, 0.6) is 0 Å². The molecule has 2 fully saturated rings. The first-order chi connectivity index (χ1) is 10.7. The van der Waals surface area contributed by atoms with Gasteiger partial charge in [0.1, 0.15) is 11.2 Å². The van der Waals surface area contributed by atoms with Crippen LogP contribution in [-0.4, -0.2) is 66.8 Å². The van der Waals surface area contributed by atoms with Gasteiger partial charge in [0.05, 0.1) is 6.54 Å². The van der Waals surface area contributed by atoms with Crippen molar-refractivity contribution in [3.63, 3.8) is 0 Å². The van der Waals surface area contributed by atoms with E-state index in [0.717, 1.165) is 43.6 Å². The van der Waals surface area contributed by atoms with Crippen molar-refractivity contribution >= 4 is 23.7 Å². The lowest BCUT2D eigenvalue weighted by atomic mass is 9.99. The maximum atomic E-state index is 13.9. The van der Waals surface area contributed by atoms with Crippen molar-refractivity contribution in [3.8, 4) is 0 Å². The number of piperidine rings is 1. The number of nitrogens with zero attached hydrogens (tertiary/aromatic N) is 3. The highest BCUT2D eigenvalue weighted by Gasteiger charge is 2.33. The van der Waals surface area contributed by atoms with Gasteiger partial charge in [0.2, 0.25) is 0 Å². The molecule has 0 aromatic carbocycles. The van der Waals surface area contributed by atoms with Gasteiger partial charge in [-0.1, -0.05) is 0 Å². The minimum Gasteiger partial charge on any atom is -0.316 e. The Morgan fingerprint density at radius 3 is 3.04 bits per heavy atom. The van der Waals surface area contributed by atoms with E-state index in [1.165, 1.54) is 12.8 Å². The van der Waals surface area contributed by atoms with Gasteiger partial charge in [-0.05, 0) is 45.3 Å². The van der Waals surface area contributed by atoms with E-state index in [1.807, 2.05) is 11.6 Å². The highest BCUT2D eigenvalue weighted by molar-refractivity contribution is 7.09. The maximum Gasteiger partial charge on any atom is 0.114 e. The van der Waals surface area contributed by atoms with Crippen molar-refractivity contribution in [1.29, 1.82) is 0 Å². The Kier molecular flexibility index (Phi) is 7.69. The topological polar surface area (TPSA) is 31.4 Å². The van der Waals surface area contributed by atoms with E-state index in [4.69, 9.17) is 0 Å². The van der Waals surface area contributed by atoms with Crippen LogP contribution < -0.4 is 5.32 Å². The van der Waals surface area contributed by atoms with Gasteiger partial charge >= 0.3 is 0 Å². The summed E-state index contributed by atoms with van der Waals surface area (Å²) in [6, 6.07) is 0.320. The molecule has 7 heteroatoms. The molecule has 23 heavy (non-hydrogen) atoms. The molecule has 4 nitrogen and oxygen atoms in total. The quantitative estimate of drug-likeness (QED) is 0.842. The van der Waals surface area contributed by atoms with Crippen LogP contribution in [0.15, 0.2) is 11.6 Å². The monoisotopic (exact) mass is 362 g/mol. The average Bonchev–Trinajstić information content (AvgIpc) is 3.11. The number of halogens is 2. The Hall–Kier alpha value is -0.270. The van der Waals surface area contributed by atoms with Crippen molar-refractivity contribution in [1.82, 2.24) is 20.1 Å². The number of hydrogen-bond acceptors (Lipinski definition) is 5. The number of nitrogens with one attached hydrogen (secondary N) is 1. The minimum atomic E-state index is -0.685. The Morgan fingerprint density at radius 1 is 1.48 bits per heavy atom. The van der Waals surface area contributed by atoms with Crippen molar-refractivity contribution in [2.75, 3.05) is 39.8 Å². The molecule has 1 aromatic heterocycles. The first-order valence-corrected chi connectivity index (χ1v) is 9.24. The molecule has 1 aromatic rings. The molecule has 0 bridgehead atoms. The van der Waals surface area contributed by atoms with E-state index >= 15 is 0 Å². The summed E-state index contributed by atoms with van der Waals surface area (Å²) in [5.74, 6) is 0.744. The van der Waals surface area contributed by atoms with Gasteiger partial charge < -0.3 is 10.2 Å². The van der Waals surface area contributed by atoms with E-state index in [-0.39, 0.29) is 12.4 Å². The lowest BCUT2D eigenvalue weighted by Crippen LogP contribution is -2.42. The highest BCUT2D eigenvalue weighted by atomic mass is 35.5. The number of aromatic nitrogens is 1. The molecular weight excluding hydrogens is 335 g/mol. The van der Waals surface area contributed by atoms with E-state index in [1.54, 1.807) is 11.3 Å². The van der Waals surface area contributed by atoms with Crippen molar-refractivity contribution < 1.29 is 4.39 Å². The standard InChI is InChI=1S/C16H27FN4S.ClH/c1-20(9-13-3-2-4-18-8-13)11-15-7-14(17)10-21(15)12-16-19-5-6-22-16;/h5-6,13-15,18H,2-4,7-12H2,1H3;1H/t13?,14-,15-;/m0./s1. The summed E-state index contributed by atoms with van der Waals surface area (Å²) < 4.78 is 13.9. The summed E-state index contributed by atoms with van der Waals surface area (Å²) >= 11 is 1.66. The van der Waals surface area contributed by atoms with E-state index < -0.39 is 6.17 Å². The highest BCUT2D eigenvalue weighted by Crippen LogP contribution is 2.24. The number of likely N-dealkylation sites (tertiary alicyclic amines) is 1. The smallest absolute Gasteiger partial charge is 0.114 e. The Labute approximate surface area is 148 Å². The summed E-state index contributed by atoms with van der Waals surface area (Å²) in [5, 5.41) is 6.57. The second kappa shape index (κ2) is 9.28. The zero-order chi connectivity index (χ0) is 15.4. The third kappa shape index (κ3) is 5.64. The van der Waals surface area contributed by atoms with Gasteiger partial charge in [-0.15, -0.1) is 23.7 Å². The number of alkyl halides is 1. The molecular formula is C16H28ClFN4S. The summed E-state index contributed by atoms with van der Waals surface area (Å²) in [6.07, 6.45) is 4.41. The van der Waals surface area contributed by atoms with Gasteiger partial charge in [-0.2, -0.15) is 0 Å². The molecule has 3 heterocycles. The average molecular weight is 363 g/mol. The summed E-state index contributed by atoms with van der Waals surface area (Å²) in [5.41, 5.74) is 0. The lowest BCUT2D eigenvalue weighted by molar-refractivity contribution is 0.164. The fraction of sp³-hybridized carbons (Fsp3) is 0.812. The normalized spacial score (nSPS) is 28.9. The van der Waals surface area contributed by atoms with Gasteiger partial charge in [0.25, 0.3) is 0 Å². The zero-order valence-corrected chi connectivity index (χ0v) is 15.4. The molecule has 3 atom stereocenters. The zero-order valence-electron chi connectivity index (χ0n) is 13.8. The van der Waals surface area contributed by atoms with Gasteiger partial charge in [0, 0.05) is 37.3 Å². The van der Waals surface area contributed by atoms with Crippen molar-refractivity contribution in [3.05, 3.63) is 16.6 Å². The molecule has 2 aliphatic heterocycles. The number of hydrogen-bond donors (Lipinski definition) is 1. The molecule has 0 aliphatic carbocycles. The third-order valence-electron chi connectivity index (χ3n) is 4.79. The van der Waals surface area contributed by atoms with Gasteiger partial charge in [-0.25, -0.2) is 9.37 Å². The first-order valence-electron chi connectivity index (χ1n) is 8.36. The molecule has 1 unspecified atom stereocenters. The van der Waals surface area contributed by atoms with Crippen LogP contribution in [0.25, 0.3) is 0 Å². The second-order valence-electron chi connectivity index (χ2n) is 6.78. The predicted octanol–water partition coefficient (Wildman–Crippen LogP) is 2.41. The SMILES string of the molecule is CN(CC1CCCNC1)C[C@@H]1C[C@H](F)CN1Cc1nccs1.Cl. The Balaban J connectivity index is 0.00000192. The molecule has 0 saturated carbocycles. The van der Waals surface area contributed by atoms with Crippen LogP contribution in [0, 0.1) is 5.92 Å². The second-order valence-corrected chi connectivity index (χ2v) is 7.75. The largest absolute Gasteiger partial charge is 0.316 e. The number of likely N-dealkylation sites (N-methyl/N-ethyl adjacent to an activating group) is 1. The number of thiazole rings is 1. The maximum absolute atomic E-state index is 13.9. The Bertz CT molecular complexity index is 441. The van der Waals surface area contributed by atoms with E-state index in [9.17, 15) is 4.39 Å². The molecule has 3 rings (SSSR count). The van der Waals surface area contributed by atoms with Gasteiger partial charge in [0.15, 0.2) is 0 Å². The van der Waals surface area contributed by atoms with Crippen LogP contribution >= 0.6 is 23.7 Å². The molecule has 2 saturated heterocycles. The molecule has 2 aliphatic rings. The van der Waals surface area contributed by atoms with E-state index in [0.29, 0.717) is 19.0 Å². The molecule has 0 amide bonds. The van der Waals surface area contributed by atoms with Crippen LogP contribution in [0.2, 0.25) is 0 Å². The van der Waals surface area contributed by atoms with Crippen LogP contribution in [0.3, 0.4) is 0 Å². The van der Waals surface area contributed by atoms with E-state index in [2.05, 4.69) is 27.1 Å². The third-order valence-corrected chi connectivity index (χ3v) is 5.55. The fourth-order valence-electron chi connectivity index (χ4n) is 3.77. The summed E-state index contributed by atoms with van der Waals surface area (Å²) in [6.45, 7) is 5.72.